The average molecular weight is 676 g/mol. The van der Waals surface area contributed by atoms with Gasteiger partial charge in [-0.15, -0.1) is 0 Å². The molecule has 0 spiro atoms. The molecular weight excluding hydrogens is 637 g/mol. The lowest BCUT2D eigenvalue weighted by atomic mass is 10.0. The topological polar surface area (TPSA) is 86.8 Å². The summed E-state index contributed by atoms with van der Waals surface area (Å²) < 4.78 is 44.7. The number of hydrogen-bond acceptors (Lipinski definition) is 4. The number of rotatable bonds is 12. The molecule has 1 aliphatic carbocycles. The first-order valence-corrected chi connectivity index (χ1v) is 17.6. The molecule has 0 heterocycles. The molecule has 5 rings (SSSR count). The van der Waals surface area contributed by atoms with Crippen LogP contribution in [0, 0.1) is 19.7 Å². The third kappa shape index (κ3) is 8.39. The lowest BCUT2D eigenvalue weighted by Gasteiger charge is -2.34. The van der Waals surface area contributed by atoms with Gasteiger partial charge in [0, 0.05) is 29.6 Å². The molecule has 7 nitrogen and oxygen atoms in total. The Balaban J connectivity index is 1.60. The maximum atomic E-state index is 15.1. The molecule has 246 valence electrons. The van der Waals surface area contributed by atoms with E-state index in [2.05, 4.69) is 5.32 Å². The molecule has 4 aromatic rings. The maximum absolute atomic E-state index is 15.1. The maximum Gasteiger partial charge on any atom is 0.264 e. The van der Waals surface area contributed by atoms with Crippen molar-refractivity contribution in [3.63, 3.8) is 0 Å². The number of aryl methyl sites for hydroxylation is 2. The summed E-state index contributed by atoms with van der Waals surface area (Å²) in [6.45, 7) is 2.70. The quantitative estimate of drug-likeness (QED) is 0.175. The molecule has 0 aromatic heterocycles. The van der Waals surface area contributed by atoms with E-state index in [9.17, 15) is 18.0 Å². The van der Waals surface area contributed by atoms with Gasteiger partial charge in [-0.05, 0) is 68.1 Å². The zero-order chi connectivity index (χ0) is 33.6. The molecule has 1 aliphatic rings. The fraction of sp³-hybridized carbons (Fsp3) is 0.297. The van der Waals surface area contributed by atoms with E-state index < -0.39 is 34.3 Å². The van der Waals surface area contributed by atoms with E-state index in [4.69, 9.17) is 11.6 Å². The lowest BCUT2D eigenvalue weighted by molar-refractivity contribution is -0.140. The number of carbonyl (C=O) groups is 2. The van der Waals surface area contributed by atoms with Gasteiger partial charge in [0.25, 0.3) is 10.0 Å². The third-order valence-electron chi connectivity index (χ3n) is 8.60. The van der Waals surface area contributed by atoms with Crippen LogP contribution < -0.4 is 9.62 Å². The second-order valence-electron chi connectivity index (χ2n) is 12.1. The van der Waals surface area contributed by atoms with Crippen LogP contribution in [0.1, 0.15) is 47.9 Å². The van der Waals surface area contributed by atoms with Gasteiger partial charge < -0.3 is 10.2 Å². The van der Waals surface area contributed by atoms with E-state index in [0.717, 1.165) is 41.1 Å². The number of nitrogens with zero attached hydrogens (tertiary/aromatic N) is 2. The highest BCUT2D eigenvalue weighted by Gasteiger charge is 2.36. The third-order valence-corrected chi connectivity index (χ3v) is 10.6. The number of sulfonamides is 1. The van der Waals surface area contributed by atoms with Crippen molar-refractivity contribution in [2.45, 2.75) is 69.5 Å². The molecule has 1 N–H and O–H groups in total. The van der Waals surface area contributed by atoms with Gasteiger partial charge in [-0.1, -0.05) is 96.7 Å². The fourth-order valence-corrected chi connectivity index (χ4v) is 7.57. The Morgan fingerprint density at radius 3 is 2.26 bits per heavy atom. The summed E-state index contributed by atoms with van der Waals surface area (Å²) in [4.78, 5) is 30.0. The lowest BCUT2D eigenvalue weighted by Crippen LogP contribution is -2.54. The predicted molar refractivity (Wildman–Crippen MR) is 183 cm³/mol. The van der Waals surface area contributed by atoms with Crippen LogP contribution in [0.2, 0.25) is 5.02 Å². The molecule has 1 atom stereocenters. The van der Waals surface area contributed by atoms with Gasteiger partial charge in [-0.2, -0.15) is 0 Å². The number of halogens is 2. The second-order valence-corrected chi connectivity index (χ2v) is 14.4. The highest BCUT2D eigenvalue weighted by atomic mass is 35.5. The van der Waals surface area contributed by atoms with Crippen LogP contribution in [-0.2, 0) is 32.6 Å². The molecule has 10 heteroatoms. The predicted octanol–water partition coefficient (Wildman–Crippen LogP) is 6.99. The molecule has 0 bridgehead atoms. The molecule has 1 fully saturated rings. The zero-order valence-electron chi connectivity index (χ0n) is 26.5. The minimum absolute atomic E-state index is 0.00394. The number of nitrogens with one attached hydrogen (secondary N) is 1. The summed E-state index contributed by atoms with van der Waals surface area (Å²) in [5, 5.41) is 3.42. The van der Waals surface area contributed by atoms with Gasteiger partial charge in [0.15, 0.2) is 0 Å². The van der Waals surface area contributed by atoms with Crippen molar-refractivity contribution in [2.75, 3.05) is 10.8 Å². The van der Waals surface area contributed by atoms with E-state index in [0.29, 0.717) is 10.6 Å². The van der Waals surface area contributed by atoms with E-state index in [-0.39, 0.29) is 41.1 Å². The van der Waals surface area contributed by atoms with E-state index >= 15 is 4.39 Å². The first-order valence-electron chi connectivity index (χ1n) is 15.8. The van der Waals surface area contributed by atoms with E-state index in [1.807, 2.05) is 37.3 Å². The van der Waals surface area contributed by atoms with Crippen molar-refractivity contribution in [2.24, 2.45) is 0 Å². The van der Waals surface area contributed by atoms with Gasteiger partial charge >= 0.3 is 0 Å². The Bertz CT molecular complexity index is 1810. The van der Waals surface area contributed by atoms with Gasteiger partial charge in [-0.3, -0.25) is 13.9 Å². The minimum atomic E-state index is -4.29. The summed E-state index contributed by atoms with van der Waals surface area (Å²) in [5.41, 5.74) is 2.70. The number of amides is 2. The normalized spacial score (nSPS) is 14.0. The standard InChI is InChI=1S/C37H39ClFN3O4S/c1-26-16-20-32(21-17-26)47(45,46)42(34-23-30(38)19-18-27(34)2)25-36(43)41(24-29-12-6-9-15-33(29)39)35(22-28-10-4-3-5-11-28)37(44)40-31-13-7-8-14-31/h3-6,9-12,15-21,23,31,35H,7-8,13-14,22,24-25H2,1-2H3,(H,40,44). The summed E-state index contributed by atoms with van der Waals surface area (Å²) in [5.74, 6) is -1.56. The first kappa shape index (κ1) is 34.1. The van der Waals surface area contributed by atoms with Gasteiger partial charge in [0.05, 0.1) is 10.6 Å². The summed E-state index contributed by atoms with van der Waals surface area (Å²) in [7, 11) is -4.29. The Kier molecular flexibility index (Phi) is 11.0. The molecule has 1 saturated carbocycles. The highest BCUT2D eigenvalue weighted by Crippen LogP contribution is 2.30. The van der Waals surface area contributed by atoms with Crippen LogP contribution in [0.25, 0.3) is 0 Å². The van der Waals surface area contributed by atoms with Crippen LogP contribution >= 0.6 is 11.6 Å². The molecule has 47 heavy (non-hydrogen) atoms. The van der Waals surface area contributed by atoms with Crippen LogP contribution in [0.3, 0.4) is 0 Å². The van der Waals surface area contributed by atoms with Crippen LogP contribution in [-0.4, -0.2) is 43.8 Å². The van der Waals surface area contributed by atoms with E-state index in [1.54, 1.807) is 49.4 Å². The molecule has 1 unspecified atom stereocenters. The number of hydrogen-bond donors (Lipinski definition) is 1. The largest absolute Gasteiger partial charge is 0.352 e. The van der Waals surface area contributed by atoms with Gasteiger partial charge in [0.1, 0.15) is 18.4 Å². The average Bonchev–Trinajstić information content (AvgIpc) is 3.57. The monoisotopic (exact) mass is 675 g/mol. The fourth-order valence-electron chi connectivity index (χ4n) is 5.93. The van der Waals surface area contributed by atoms with Crippen molar-refractivity contribution in [1.29, 1.82) is 0 Å². The molecule has 0 radical (unpaired) electrons. The van der Waals surface area contributed by atoms with Crippen molar-refractivity contribution in [1.82, 2.24) is 10.2 Å². The van der Waals surface area contributed by atoms with Crippen LogP contribution in [0.15, 0.2) is 102 Å². The van der Waals surface area contributed by atoms with Crippen molar-refractivity contribution < 1.29 is 22.4 Å². The molecular formula is C37H39ClFN3O4S. The summed E-state index contributed by atoms with van der Waals surface area (Å²) >= 11 is 6.35. The first-order chi connectivity index (χ1) is 22.5. The SMILES string of the molecule is Cc1ccc(S(=O)(=O)N(CC(=O)N(Cc2ccccc2F)C(Cc2ccccc2)C(=O)NC2CCCC2)c2cc(Cl)ccc2C)cc1. The number of benzene rings is 4. The second kappa shape index (κ2) is 15.1. The summed E-state index contributed by atoms with van der Waals surface area (Å²) in [6.07, 6.45) is 3.82. The van der Waals surface area contributed by atoms with Gasteiger partial charge in [-0.25, -0.2) is 12.8 Å². The number of carbonyl (C=O) groups excluding carboxylic acids is 2. The van der Waals surface area contributed by atoms with Crippen molar-refractivity contribution >= 4 is 39.1 Å². The zero-order valence-corrected chi connectivity index (χ0v) is 28.1. The van der Waals surface area contributed by atoms with Crippen LogP contribution in [0.4, 0.5) is 10.1 Å². The molecule has 0 saturated heterocycles. The molecule has 2 amide bonds. The molecule has 0 aliphatic heterocycles. The Labute approximate surface area is 281 Å². The van der Waals surface area contributed by atoms with Crippen molar-refractivity contribution in [3.05, 3.63) is 130 Å². The van der Waals surface area contributed by atoms with Crippen molar-refractivity contribution in [3.8, 4) is 0 Å². The van der Waals surface area contributed by atoms with E-state index in [1.165, 1.54) is 29.2 Å². The molecule has 4 aromatic carbocycles. The summed E-state index contributed by atoms with van der Waals surface area (Å²) in [6, 6.07) is 25.5. The highest BCUT2D eigenvalue weighted by molar-refractivity contribution is 7.92. The minimum Gasteiger partial charge on any atom is -0.352 e. The van der Waals surface area contributed by atoms with Crippen LogP contribution in [0.5, 0.6) is 0 Å². The Morgan fingerprint density at radius 2 is 1.57 bits per heavy atom. The smallest absolute Gasteiger partial charge is 0.264 e. The van der Waals surface area contributed by atoms with Gasteiger partial charge in [0.2, 0.25) is 11.8 Å². The Hall–Kier alpha value is -4.21. The Morgan fingerprint density at radius 1 is 0.915 bits per heavy atom. The number of anilines is 1.